The Bertz CT molecular complexity index is 512. The van der Waals surface area contributed by atoms with E-state index in [4.69, 9.17) is 4.98 Å². The number of piperidine rings is 1. The van der Waals surface area contributed by atoms with Crippen LogP contribution in [0.2, 0.25) is 0 Å². The van der Waals surface area contributed by atoms with E-state index in [1.165, 1.54) is 29.8 Å². The average Bonchev–Trinajstić information content (AvgIpc) is 2.97. The summed E-state index contributed by atoms with van der Waals surface area (Å²) < 4.78 is 0. The monoisotopic (exact) mass is 337 g/mol. The Kier molecular flexibility index (Phi) is 5.54. The van der Waals surface area contributed by atoms with E-state index < -0.39 is 0 Å². The molecular formula is C17H27N3O2S. The first-order valence-electron chi connectivity index (χ1n) is 8.82. The number of aryl methyl sites for hydroxylation is 2. The number of likely N-dealkylation sites (tertiary alicyclic amines) is 1. The molecule has 2 N–H and O–H groups in total. The lowest BCUT2D eigenvalue weighted by molar-refractivity contribution is 0.0799. The second-order valence-electron chi connectivity index (χ2n) is 6.73. The van der Waals surface area contributed by atoms with Gasteiger partial charge in [0.2, 0.25) is 0 Å². The van der Waals surface area contributed by atoms with E-state index in [0.29, 0.717) is 12.5 Å². The lowest BCUT2D eigenvalue weighted by atomic mass is 9.92. The maximum Gasteiger partial charge on any atom is 0.317 e. The molecule has 0 spiro atoms. The molecule has 1 aromatic heterocycles. The van der Waals surface area contributed by atoms with Crippen LogP contribution in [0.15, 0.2) is 0 Å². The number of rotatable bonds is 4. The van der Waals surface area contributed by atoms with Crippen molar-refractivity contribution in [2.45, 2.75) is 58.0 Å². The topological polar surface area (TPSA) is 65.5 Å². The molecule has 128 valence electrons. The fourth-order valence-corrected chi connectivity index (χ4v) is 4.64. The molecule has 3 rings (SSSR count). The molecule has 0 bridgehead atoms. The molecule has 1 saturated heterocycles. The summed E-state index contributed by atoms with van der Waals surface area (Å²) >= 11 is 1.82. The molecule has 1 atom stereocenters. The predicted molar refractivity (Wildman–Crippen MR) is 91.8 cm³/mol. The zero-order chi connectivity index (χ0) is 16.2. The molecule has 0 radical (unpaired) electrons. The van der Waals surface area contributed by atoms with Gasteiger partial charge in [-0.05, 0) is 51.4 Å². The molecule has 1 aliphatic heterocycles. The number of hydrogen-bond donors (Lipinski definition) is 2. The van der Waals surface area contributed by atoms with E-state index in [1.807, 2.05) is 23.2 Å². The van der Waals surface area contributed by atoms with Crippen LogP contribution in [0.5, 0.6) is 0 Å². The van der Waals surface area contributed by atoms with Crippen molar-refractivity contribution in [2.75, 3.05) is 19.6 Å². The molecule has 1 aromatic rings. The number of amides is 2. The number of urea groups is 1. The van der Waals surface area contributed by atoms with Gasteiger partial charge in [-0.25, -0.2) is 9.78 Å². The van der Waals surface area contributed by atoms with E-state index in [-0.39, 0.29) is 12.1 Å². The maximum absolute atomic E-state index is 12.2. The third kappa shape index (κ3) is 4.23. The molecular weight excluding hydrogens is 310 g/mol. The summed E-state index contributed by atoms with van der Waals surface area (Å²) in [5.41, 5.74) is 1.29. The Labute approximate surface area is 142 Å². The smallest absolute Gasteiger partial charge is 0.317 e. The highest BCUT2D eigenvalue weighted by atomic mass is 32.1. The summed E-state index contributed by atoms with van der Waals surface area (Å²) in [6.45, 7) is 3.98. The van der Waals surface area contributed by atoms with Gasteiger partial charge in [0.05, 0.1) is 16.8 Å². The standard InChI is InChI=1S/C17H27N3O2S/c1-12(21)13-7-10-20(11-8-13)17(22)18-9-6-16-19-14-4-2-3-5-15(14)23-16/h12-13,21H,2-11H2,1H3,(H,18,22). The van der Waals surface area contributed by atoms with Gasteiger partial charge in [-0.3, -0.25) is 0 Å². The van der Waals surface area contributed by atoms with Crippen molar-refractivity contribution in [3.05, 3.63) is 15.6 Å². The Morgan fingerprint density at radius 1 is 1.39 bits per heavy atom. The summed E-state index contributed by atoms with van der Waals surface area (Å²) in [6.07, 6.45) is 7.19. The summed E-state index contributed by atoms with van der Waals surface area (Å²) in [5.74, 6) is 0.334. The van der Waals surface area contributed by atoms with Crippen LogP contribution in [-0.2, 0) is 19.3 Å². The first kappa shape index (κ1) is 16.7. The molecule has 2 aliphatic rings. The van der Waals surface area contributed by atoms with Crippen molar-refractivity contribution in [3.63, 3.8) is 0 Å². The summed E-state index contributed by atoms with van der Waals surface area (Å²) in [4.78, 5) is 20.2. The second-order valence-corrected chi connectivity index (χ2v) is 7.90. The normalized spacial score (nSPS) is 20.2. The number of nitrogens with zero attached hydrogens (tertiary/aromatic N) is 2. The van der Waals surface area contributed by atoms with Crippen molar-refractivity contribution in [3.8, 4) is 0 Å². The highest BCUT2D eigenvalue weighted by molar-refractivity contribution is 7.11. The molecule has 23 heavy (non-hydrogen) atoms. The fourth-order valence-electron chi connectivity index (χ4n) is 3.49. The van der Waals surface area contributed by atoms with Crippen LogP contribution in [0.25, 0.3) is 0 Å². The molecule has 5 nitrogen and oxygen atoms in total. The number of aromatic nitrogens is 1. The van der Waals surface area contributed by atoms with E-state index in [9.17, 15) is 9.90 Å². The molecule has 6 heteroatoms. The lowest BCUT2D eigenvalue weighted by Gasteiger charge is -2.33. The number of aliphatic hydroxyl groups excluding tert-OH is 1. The molecule has 1 unspecified atom stereocenters. The zero-order valence-corrected chi connectivity index (χ0v) is 14.7. The van der Waals surface area contributed by atoms with Crippen LogP contribution in [0.1, 0.15) is 48.2 Å². The Hall–Kier alpha value is -1.14. The minimum Gasteiger partial charge on any atom is -0.393 e. The van der Waals surface area contributed by atoms with Crippen LogP contribution < -0.4 is 5.32 Å². The summed E-state index contributed by atoms with van der Waals surface area (Å²) in [6, 6.07) is 0.0235. The van der Waals surface area contributed by atoms with Crippen molar-refractivity contribution in [1.82, 2.24) is 15.2 Å². The van der Waals surface area contributed by atoms with E-state index in [2.05, 4.69) is 5.32 Å². The van der Waals surface area contributed by atoms with Gasteiger partial charge in [-0.2, -0.15) is 0 Å². The first-order chi connectivity index (χ1) is 11.1. The minimum atomic E-state index is -0.267. The molecule has 0 saturated carbocycles. The largest absolute Gasteiger partial charge is 0.393 e. The lowest BCUT2D eigenvalue weighted by Crippen LogP contribution is -2.46. The average molecular weight is 337 g/mol. The van der Waals surface area contributed by atoms with Crippen LogP contribution in [0.3, 0.4) is 0 Å². The molecule has 1 aliphatic carbocycles. The number of carbonyl (C=O) groups excluding carboxylic acids is 1. The van der Waals surface area contributed by atoms with Crippen LogP contribution in [0.4, 0.5) is 4.79 Å². The number of fused-ring (bicyclic) bond motifs is 1. The predicted octanol–water partition coefficient (Wildman–Crippen LogP) is 2.37. The van der Waals surface area contributed by atoms with Crippen molar-refractivity contribution in [2.24, 2.45) is 5.92 Å². The summed E-state index contributed by atoms with van der Waals surface area (Å²) in [5, 5.41) is 13.8. The van der Waals surface area contributed by atoms with E-state index in [1.54, 1.807) is 0 Å². The van der Waals surface area contributed by atoms with Crippen molar-refractivity contribution in [1.29, 1.82) is 0 Å². The molecule has 2 heterocycles. The van der Waals surface area contributed by atoms with Crippen LogP contribution in [0, 0.1) is 5.92 Å². The zero-order valence-electron chi connectivity index (χ0n) is 13.9. The van der Waals surface area contributed by atoms with Gasteiger partial charge < -0.3 is 15.3 Å². The van der Waals surface area contributed by atoms with Gasteiger partial charge in [0, 0.05) is 30.9 Å². The number of aliphatic hydroxyl groups is 1. The summed E-state index contributed by atoms with van der Waals surface area (Å²) in [7, 11) is 0. The first-order valence-corrected chi connectivity index (χ1v) is 9.63. The van der Waals surface area contributed by atoms with E-state index >= 15 is 0 Å². The van der Waals surface area contributed by atoms with Gasteiger partial charge in [0.25, 0.3) is 0 Å². The number of thiazole rings is 1. The Morgan fingerprint density at radius 3 is 2.83 bits per heavy atom. The Balaban J connectivity index is 1.40. The molecule has 0 aromatic carbocycles. The third-order valence-electron chi connectivity index (χ3n) is 5.01. The van der Waals surface area contributed by atoms with E-state index in [0.717, 1.165) is 43.8 Å². The second kappa shape index (κ2) is 7.62. The molecule has 2 amide bonds. The van der Waals surface area contributed by atoms with Crippen LogP contribution in [-0.4, -0.2) is 46.8 Å². The Morgan fingerprint density at radius 2 is 2.13 bits per heavy atom. The van der Waals surface area contributed by atoms with Gasteiger partial charge in [0.1, 0.15) is 0 Å². The SMILES string of the molecule is CC(O)C1CCN(C(=O)NCCc2nc3c(s2)CCCC3)CC1. The van der Waals surface area contributed by atoms with Gasteiger partial charge in [-0.1, -0.05) is 0 Å². The van der Waals surface area contributed by atoms with Crippen molar-refractivity contribution < 1.29 is 9.90 Å². The van der Waals surface area contributed by atoms with Gasteiger partial charge in [-0.15, -0.1) is 11.3 Å². The van der Waals surface area contributed by atoms with Crippen molar-refractivity contribution >= 4 is 17.4 Å². The molecule has 1 fully saturated rings. The number of carbonyl (C=O) groups is 1. The highest BCUT2D eigenvalue weighted by Gasteiger charge is 2.25. The highest BCUT2D eigenvalue weighted by Crippen LogP contribution is 2.26. The fraction of sp³-hybridized carbons (Fsp3) is 0.765. The maximum atomic E-state index is 12.2. The number of hydrogen-bond acceptors (Lipinski definition) is 4. The van der Waals surface area contributed by atoms with Gasteiger partial charge in [0.15, 0.2) is 0 Å². The number of nitrogens with one attached hydrogen (secondary N) is 1. The minimum absolute atomic E-state index is 0.0235. The van der Waals surface area contributed by atoms with Gasteiger partial charge >= 0.3 is 6.03 Å². The quantitative estimate of drug-likeness (QED) is 0.886. The van der Waals surface area contributed by atoms with Crippen LogP contribution >= 0.6 is 11.3 Å². The third-order valence-corrected chi connectivity index (χ3v) is 6.23.